The summed E-state index contributed by atoms with van der Waals surface area (Å²) in [6.45, 7) is 2.75. The zero-order valence-electron chi connectivity index (χ0n) is 10.7. The van der Waals surface area contributed by atoms with E-state index in [1.165, 1.54) is 0 Å². The maximum Gasteiger partial charge on any atom is 0.453 e. The molecule has 0 aromatic carbocycles. The van der Waals surface area contributed by atoms with Gasteiger partial charge in [-0.25, -0.2) is 4.57 Å². The molecule has 0 aliphatic rings. The Morgan fingerprint density at radius 1 is 1.33 bits per heavy atom. The molecule has 0 radical (unpaired) electrons. The van der Waals surface area contributed by atoms with E-state index in [1.54, 1.807) is 6.07 Å². The molecule has 0 saturated carbocycles. The van der Waals surface area contributed by atoms with Gasteiger partial charge in [-0.3, -0.25) is 0 Å². The average Bonchev–Trinajstić information content (AvgIpc) is 2.97. The Bertz CT molecular complexity index is 767. The van der Waals surface area contributed by atoms with Gasteiger partial charge >= 0.3 is 6.18 Å². The van der Waals surface area contributed by atoms with Crippen LogP contribution in [-0.4, -0.2) is 19.8 Å². The van der Waals surface area contributed by atoms with Gasteiger partial charge in [-0.2, -0.15) is 22.8 Å². The Morgan fingerprint density at radius 3 is 2.76 bits per heavy atom. The van der Waals surface area contributed by atoms with Gasteiger partial charge < -0.3 is 24.0 Å². The van der Waals surface area contributed by atoms with Gasteiger partial charge in [-0.1, -0.05) is 11.3 Å². The molecule has 5 nitrogen and oxygen atoms in total. The molecule has 21 heavy (non-hydrogen) atoms. The van der Waals surface area contributed by atoms with Crippen molar-refractivity contribution < 1.29 is 41.7 Å². The number of pyridine rings is 1. The van der Waals surface area contributed by atoms with E-state index in [0.29, 0.717) is 5.01 Å². The highest BCUT2D eigenvalue weighted by atomic mass is 127. The second-order valence-corrected chi connectivity index (χ2v) is 5.00. The molecule has 0 saturated heterocycles. The Labute approximate surface area is 138 Å². The number of aromatic nitrogens is 5. The largest absolute Gasteiger partial charge is 1.00 e. The quantitative estimate of drug-likeness (QED) is 0.397. The molecule has 3 aromatic heterocycles. The van der Waals surface area contributed by atoms with E-state index >= 15 is 0 Å². The molecule has 0 atom stereocenters. The number of fused-ring (bicyclic) bond motifs is 1. The van der Waals surface area contributed by atoms with Crippen LogP contribution in [-0.2, 0) is 12.7 Å². The number of alkyl halides is 3. The van der Waals surface area contributed by atoms with Crippen LogP contribution < -0.4 is 28.5 Å². The predicted octanol–water partition coefficient (Wildman–Crippen LogP) is -0.817. The zero-order chi connectivity index (χ0) is 14.3. The highest BCUT2D eigenvalue weighted by molar-refractivity contribution is 7.19. The molecular formula is C11H9F3IN5S. The molecule has 3 rings (SSSR count). The lowest BCUT2D eigenvalue weighted by molar-refractivity contribution is -0.693. The highest BCUT2D eigenvalue weighted by Gasteiger charge is 2.38. The summed E-state index contributed by atoms with van der Waals surface area (Å²) in [5.74, 6) is -1.10. The summed E-state index contributed by atoms with van der Waals surface area (Å²) in [7, 11) is 0. The first-order valence-corrected chi connectivity index (χ1v) is 6.59. The Morgan fingerprint density at radius 2 is 2.10 bits per heavy atom. The summed E-state index contributed by atoms with van der Waals surface area (Å²) in [5, 5.41) is 11.1. The standard InChI is InChI=1S/C11H9F3N5S.HI/c1-2-18-5-3-4-7(6-18)8-17-19-9(11(12,13)14)15-16-10(19)20-8;/h3-6H,2H2,1H3;1H/q+1;/p-1. The van der Waals surface area contributed by atoms with E-state index in [9.17, 15) is 13.2 Å². The van der Waals surface area contributed by atoms with E-state index in [4.69, 9.17) is 0 Å². The minimum atomic E-state index is -4.56. The molecule has 0 spiro atoms. The van der Waals surface area contributed by atoms with Gasteiger partial charge in [-0.15, -0.1) is 10.2 Å². The van der Waals surface area contributed by atoms with Crippen molar-refractivity contribution in [3.05, 3.63) is 30.4 Å². The van der Waals surface area contributed by atoms with Gasteiger partial charge in [-0.05, 0) is 13.0 Å². The summed E-state index contributed by atoms with van der Waals surface area (Å²) in [4.78, 5) is 0.124. The average molecular weight is 427 g/mol. The molecule has 0 unspecified atom stereocenters. The summed E-state index contributed by atoms with van der Waals surface area (Å²) in [5.41, 5.74) is 0.748. The fourth-order valence-corrected chi connectivity index (χ4v) is 2.58. The molecular weight excluding hydrogens is 418 g/mol. The lowest BCUT2D eigenvalue weighted by Gasteiger charge is -2.00. The van der Waals surface area contributed by atoms with Crippen LogP contribution in [0.2, 0.25) is 0 Å². The molecule has 0 aliphatic carbocycles. The first kappa shape index (κ1) is 16.1. The van der Waals surface area contributed by atoms with Crippen molar-refractivity contribution >= 4 is 16.3 Å². The van der Waals surface area contributed by atoms with Gasteiger partial charge in [0.1, 0.15) is 6.54 Å². The number of halogens is 4. The number of hydrogen-bond donors (Lipinski definition) is 0. The number of aryl methyl sites for hydroxylation is 1. The van der Waals surface area contributed by atoms with Crippen molar-refractivity contribution in [3.63, 3.8) is 0 Å². The fraction of sp³-hybridized carbons (Fsp3) is 0.273. The van der Waals surface area contributed by atoms with Crippen LogP contribution in [0.15, 0.2) is 24.5 Å². The van der Waals surface area contributed by atoms with Crippen LogP contribution in [0.1, 0.15) is 12.7 Å². The van der Waals surface area contributed by atoms with Crippen molar-refractivity contribution in [2.45, 2.75) is 19.6 Å². The van der Waals surface area contributed by atoms with E-state index in [1.807, 2.05) is 30.0 Å². The fourth-order valence-electron chi connectivity index (χ4n) is 1.76. The third kappa shape index (κ3) is 3.00. The van der Waals surface area contributed by atoms with E-state index in [0.717, 1.165) is 28.0 Å². The SMILES string of the molecule is CC[n+]1cccc(-c2nn3c(C(F)(F)F)nnc3s2)c1.[I-]. The van der Waals surface area contributed by atoms with Crippen molar-refractivity contribution in [2.24, 2.45) is 0 Å². The van der Waals surface area contributed by atoms with Crippen LogP contribution in [0.3, 0.4) is 0 Å². The third-order valence-electron chi connectivity index (χ3n) is 2.71. The summed E-state index contributed by atoms with van der Waals surface area (Å²) < 4.78 is 40.8. The second kappa shape index (κ2) is 5.83. The maximum atomic E-state index is 12.7. The number of nitrogens with zero attached hydrogens (tertiary/aromatic N) is 5. The molecule has 0 amide bonds. The van der Waals surface area contributed by atoms with E-state index in [2.05, 4.69) is 15.3 Å². The van der Waals surface area contributed by atoms with Crippen LogP contribution >= 0.6 is 11.3 Å². The van der Waals surface area contributed by atoms with Crippen molar-refractivity contribution in [3.8, 4) is 10.6 Å². The molecule has 0 fully saturated rings. The predicted molar refractivity (Wildman–Crippen MR) is 65.0 cm³/mol. The third-order valence-corrected chi connectivity index (χ3v) is 3.66. The molecule has 0 aliphatic heterocycles. The maximum absolute atomic E-state index is 12.7. The van der Waals surface area contributed by atoms with Gasteiger partial charge in [0, 0.05) is 6.07 Å². The van der Waals surface area contributed by atoms with Crippen LogP contribution in [0.25, 0.3) is 15.5 Å². The molecule has 112 valence electrons. The van der Waals surface area contributed by atoms with Crippen LogP contribution in [0.5, 0.6) is 0 Å². The number of rotatable bonds is 2. The number of hydrogen-bond acceptors (Lipinski definition) is 4. The normalized spacial score (nSPS) is 11.6. The van der Waals surface area contributed by atoms with Crippen molar-refractivity contribution in [1.82, 2.24) is 19.8 Å². The summed E-state index contributed by atoms with van der Waals surface area (Å²) >= 11 is 1.07. The first-order chi connectivity index (χ1) is 9.49. The Kier molecular flexibility index (Phi) is 4.46. The van der Waals surface area contributed by atoms with Gasteiger partial charge in [0.05, 0.1) is 5.56 Å². The van der Waals surface area contributed by atoms with Gasteiger partial charge in [0.15, 0.2) is 17.4 Å². The Balaban J connectivity index is 0.00000161. The van der Waals surface area contributed by atoms with Crippen LogP contribution in [0, 0.1) is 0 Å². The first-order valence-electron chi connectivity index (χ1n) is 5.78. The van der Waals surface area contributed by atoms with E-state index < -0.39 is 12.0 Å². The van der Waals surface area contributed by atoms with Gasteiger partial charge in [0.2, 0.25) is 4.96 Å². The molecule has 3 heterocycles. The lowest BCUT2D eigenvalue weighted by atomic mass is 10.3. The summed E-state index contributed by atoms with van der Waals surface area (Å²) in [6, 6.07) is 3.62. The van der Waals surface area contributed by atoms with Crippen LogP contribution in [0.4, 0.5) is 13.2 Å². The second-order valence-electron chi connectivity index (χ2n) is 4.05. The molecule has 0 bridgehead atoms. The van der Waals surface area contributed by atoms with Crippen molar-refractivity contribution in [1.29, 1.82) is 0 Å². The van der Waals surface area contributed by atoms with E-state index in [-0.39, 0.29) is 28.9 Å². The minimum Gasteiger partial charge on any atom is -1.00 e. The summed E-state index contributed by atoms with van der Waals surface area (Å²) in [6.07, 6.45) is -0.853. The smallest absolute Gasteiger partial charge is 0.453 e. The van der Waals surface area contributed by atoms with Crippen molar-refractivity contribution in [2.75, 3.05) is 0 Å². The molecule has 10 heteroatoms. The molecule has 3 aromatic rings. The highest BCUT2D eigenvalue weighted by Crippen LogP contribution is 2.31. The zero-order valence-corrected chi connectivity index (χ0v) is 13.6. The Hall–Kier alpha value is -1.30. The topological polar surface area (TPSA) is 47.0 Å². The monoisotopic (exact) mass is 427 g/mol. The van der Waals surface area contributed by atoms with Gasteiger partial charge in [0.25, 0.3) is 5.82 Å². The molecule has 0 N–H and O–H groups in total. The lowest BCUT2D eigenvalue weighted by Crippen LogP contribution is -3.00. The minimum absolute atomic E-state index is 0.